The number of hydrogen-bond acceptors (Lipinski definition) is 2. The van der Waals surface area contributed by atoms with E-state index in [-0.39, 0.29) is 6.04 Å². The molecule has 0 spiro atoms. The molecule has 0 bridgehead atoms. The Balaban J connectivity index is 1.82. The van der Waals surface area contributed by atoms with Crippen LogP contribution in [0.5, 0.6) is 0 Å². The topological polar surface area (TPSA) is 15.3 Å². The number of nitrogens with one attached hydrogen (secondary N) is 1. The summed E-state index contributed by atoms with van der Waals surface area (Å²) in [6, 6.07) is 24.5. The first-order valence-corrected chi connectivity index (χ1v) is 9.52. The molecule has 0 fully saturated rings. The van der Waals surface area contributed by atoms with Gasteiger partial charge in [-0.2, -0.15) is 0 Å². The molecule has 0 saturated carbocycles. The van der Waals surface area contributed by atoms with Crippen LogP contribution in [0.3, 0.4) is 0 Å². The van der Waals surface area contributed by atoms with E-state index in [0.717, 1.165) is 18.8 Å². The number of anilines is 2. The number of para-hydroxylation sites is 1. The normalized spacial score (nSPS) is 14.7. The Kier molecular flexibility index (Phi) is 4.42. The molecule has 0 amide bonds. The molecule has 1 atom stereocenters. The van der Waals surface area contributed by atoms with Gasteiger partial charge in [0.05, 0.1) is 6.04 Å². The second-order valence-corrected chi connectivity index (χ2v) is 6.98. The molecule has 1 aliphatic rings. The number of hydrogen-bond donors (Lipinski definition) is 1. The first-order valence-electron chi connectivity index (χ1n) is 9.52. The smallest absolute Gasteiger partial charge is 0.0779 e. The molecule has 2 nitrogen and oxygen atoms in total. The van der Waals surface area contributed by atoms with Gasteiger partial charge >= 0.3 is 0 Å². The van der Waals surface area contributed by atoms with Gasteiger partial charge in [0.2, 0.25) is 0 Å². The number of aryl methyl sites for hydroxylation is 1. The van der Waals surface area contributed by atoms with Crippen LogP contribution in [0.4, 0.5) is 11.4 Å². The molecule has 4 rings (SSSR count). The van der Waals surface area contributed by atoms with Crippen LogP contribution in [0.2, 0.25) is 0 Å². The van der Waals surface area contributed by atoms with Crippen molar-refractivity contribution in [2.24, 2.45) is 0 Å². The third-order valence-corrected chi connectivity index (χ3v) is 5.37. The van der Waals surface area contributed by atoms with Crippen molar-refractivity contribution in [3.8, 4) is 11.1 Å². The summed E-state index contributed by atoms with van der Waals surface area (Å²) in [6.45, 7) is 8.67. The minimum absolute atomic E-state index is 0.203. The molecular formula is C24H26N2. The van der Waals surface area contributed by atoms with Gasteiger partial charge in [0.1, 0.15) is 0 Å². The van der Waals surface area contributed by atoms with Crippen LogP contribution < -0.4 is 10.2 Å². The molecule has 132 valence electrons. The first kappa shape index (κ1) is 16.7. The Morgan fingerprint density at radius 2 is 1.46 bits per heavy atom. The van der Waals surface area contributed by atoms with Gasteiger partial charge in [0.15, 0.2) is 0 Å². The van der Waals surface area contributed by atoms with Crippen molar-refractivity contribution in [2.45, 2.75) is 26.8 Å². The third kappa shape index (κ3) is 2.86. The molecule has 1 N–H and O–H groups in total. The molecule has 3 aromatic rings. The first-order chi connectivity index (χ1) is 12.7. The van der Waals surface area contributed by atoms with Crippen LogP contribution in [0, 0.1) is 6.92 Å². The second kappa shape index (κ2) is 6.87. The zero-order valence-corrected chi connectivity index (χ0v) is 15.8. The Labute approximate surface area is 156 Å². The Hall–Kier alpha value is -2.74. The van der Waals surface area contributed by atoms with Gasteiger partial charge in [-0.1, -0.05) is 48.0 Å². The summed E-state index contributed by atoms with van der Waals surface area (Å²) in [6.07, 6.45) is 0. The van der Waals surface area contributed by atoms with Crippen LogP contribution in [0.15, 0.2) is 66.7 Å². The van der Waals surface area contributed by atoms with Crippen LogP contribution in [0.25, 0.3) is 11.1 Å². The highest BCUT2D eigenvalue weighted by Crippen LogP contribution is 2.46. The quantitative estimate of drug-likeness (QED) is 0.609. The van der Waals surface area contributed by atoms with E-state index in [2.05, 4.69) is 97.7 Å². The SMILES string of the molecule is CCN(CC)c1ccc2c(c1)-c1cc(C)ccc1C2Nc1ccccc1. The van der Waals surface area contributed by atoms with Crippen molar-refractivity contribution < 1.29 is 0 Å². The lowest BCUT2D eigenvalue weighted by molar-refractivity contribution is 0.865. The van der Waals surface area contributed by atoms with Gasteiger partial charge < -0.3 is 10.2 Å². The van der Waals surface area contributed by atoms with Crippen LogP contribution >= 0.6 is 0 Å². The lowest BCUT2D eigenvalue weighted by atomic mass is 10.0. The molecule has 3 aromatic carbocycles. The summed E-state index contributed by atoms with van der Waals surface area (Å²) in [5.74, 6) is 0. The predicted octanol–water partition coefficient (Wildman–Crippen LogP) is 6.02. The molecule has 0 aliphatic heterocycles. The maximum Gasteiger partial charge on any atom is 0.0779 e. The van der Waals surface area contributed by atoms with Crippen molar-refractivity contribution in [1.29, 1.82) is 0 Å². The van der Waals surface area contributed by atoms with E-state index in [1.54, 1.807) is 0 Å². The van der Waals surface area contributed by atoms with E-state index in [4.69, 9.17) is 0 Å². The van der Waals surface area contributed by atoms with E-state index >= 15 is 0 Å². The molecule has 0 saturated heterocycles. The van der Waals surface area contributed by atoms with Gasteiger partial charge in [-0.3, -0.25) is 0 Å². The van der Waals surface area contributed by atoms with E-state index in [0.29, 0.717) is 0 Å². The number of benzene rings is 3. The molecule has 1 aliphatic carbocycles. The van der Waals surface area contributed by atoms with E-state index in [1.807, 2.05) is 0 Å². The van der Waals surface area contributed by atoms with Crippen LogP contribution in [-0.2, 0) is 0 Å². The summed E-state index contributed by atoms with van der Waals surface area (Å²) in [4.78, 5) is 2.41. The molecule has 26 heavy (non-hydrogen) atoms. The molecule has 2 heteroatoms. The largest absolute Gasteiger partial charge is 0.374 e. The predicted molar refractivity (Wildman–Crippen MR) is 112 cm³/mol. The Morgan fingerprint density at radius 3 is 2.15 bits per heavy atom. The van der Waals surface area contributed by atoms with Gasteiger partial charge in [-0.25, -0.2) is 0 Å². The number of rotatable bonds is 5. The maximum atomic E-state index is 3.74. The molecule has 1 unspecified atom stereocenters. The van der Waals surface area contributed by atoms with Crippen molar-refractivity contribution in [2.75, 3.05) is 23.3 Å². The molecule has 0 heterocycles. The fourth-order valence-electron chi connectivity index (χ4n) is 3.99. The number of fused-ring (bicyclic) bond motifs is 3. The highest BCUT2D eigenvalue weighted by Gasteiger charge is 2.29. The zero-order chi connectivity index (χ0) is 18.1. The monoisotopic (exact) mass is 342 g/mol. The third-order valence-electron chi connectivity index (χ3n) is 5.37. The fraction of sp³-hybridized carbons (Fsp3) is 0.250. The van der Waals surface area contributed by atoms with Gasteiger partial charge in [0.25, 0.3) is 0 Å². The van der Waals surface area contributed by atoms with Gasteiger partial charge in [-0.15, -0.1) is 0 Å². The molecular weight excluding hydrogens is 316 g/mol. The van der Waals surface area contributed by atoms with Gasteiger partial charge in [0, 0.05) is 24.5 Å². The summed E-state index contributed by atoms with van der Waals surface area (Å²) in [7, 11) is 0. The standard InChI is InChI=1S/C24H26N2/c1-4-26(5-2)19-12-14-21-23(16-19)22-15-17(3)11-13-20(22)24(21)25-18-9-7-6-8-10-18/h6-16,24-25H,4-5H2,1-3H3. The van der Waals surface area contributed by atoms with Crippen molar-refractivity contribution in [1.82, 2.24) is 0 Å². The van der Waals surface area contributed by atoms with Crippen LogP contribution in [0.1, 0.15) is 36.6 Å². The van der Waals surface area contributed by atoms with Crippen molar-refractivity contribution in [3.05, 3.63) is 83.4 Å². The van der Waals surface area contributed by atoms with E-state index < -0.39 is 0 Å². The highest BCUT2D eigenvalue weighted by atomic mass is 15.1. The van der Waals surface area contributed by atoms with Crippen LogP contribution in [-0.4, -0.2) is 13.1 Å². The summed E-state index contributed by atoms with van der Waals surface area (Å²) < 4.78 is 0. The number of nitrogens with zero attached hydrogens (tertiary/aromatic N) is 1. The average Bonchev–Trinajstić information content (AvgIpc) is 2.96. The van der Waals surface area contributed by atoms with Gasteiger partial charge in [-0.05, 0) is 67.3 Å². The second-order valence-electron chi connectivity index (χ2n) is 6.98. The Morgan fingerprint density at radius 1 is 0.808 bits per heavy atom. The summed E-state index contributed by atoms with van der Waals surface area (Å²) in [5, 5.41) is 3.74. The zero-order valence-electron chi connectivity index (χ0n) is 15.8. The maximum absolute atomic E-state index is 3.74. The lowest BCUT2D eigenvalue weighted by Crippen LogP contribution is -2.21. The minimum atomic E-state index is 0.203. The summed E-state index contributed by atoms with van der Waals surface area (Å²) in [5.41, 5.74) is 9.23. The fourth-order valence-corrected chi connectivity index (χ4v) is 3.99. The lowest BCUT2D eigenvalue weighted by Gasteiger charge is -2.22. The van der Waals surface area contributed by atoms with Crippen molar-refractivity contribution >= 4 is 11.4 Å². The van der Waals surface area contributed by atoms with E-state index in [1.165, 1.54) is 33.5 Å². The van der Waals surface area contributed by atoms with E-state index in [9.17, 15) is 0 Å². The minimum Gasteiger partial charge on any atom is -0.374 e. The summed E-state index contributed by atoms with van der Waals surface area (Å²) >= 11 is 0. The highest BCUT2D eigenvalue weighted by molar-refractivity contribution is 5.83. The molecule has 0 radical (unpaired) electrons. The molecule has 0 aromatic heterocycles. The van der Waals surface area contributed by atoms with Crippen molar-refractivity contribution in [3.63, 3.8) is 0 Å². The average molecular weight is 342 g/mol. The Bertz CT molecular complexity index is 911.